The summed E-state index contributed by atoms with van der Waals surface area (Å²) in [5, 5.41) is 7.36. The summed E-state index contributed by atoms with van der Waals surface area (Å²) in [6.07, 6.45) is 5.40. The van der Waals surface area contributed by atoms with Crippen LogP contribution in [0.15, 0.2) is 91.1 Å². The van der Waals surface area contributed by atoms with Crippen LogP contribution in [0.25, 0.3) is 44.4 Å². The van der Waals surface area contributed by atoms with Crippen molar-refractivity contribution in [3.63, 3.8) is 0 Å². The fourth-order valence-electron chi connectivity index (χ4n) is 6.69. The van der Waals surface area contributed by atoms with E-state index in [0.29, 0.717) is 11.5 Å². The van der Waals surface area contributed by atoms with Crippen LogP contribution in [0.5, 0.6) is 17.2 Å². The summed E-state index contributed by atoms with van der Waals surface area (Å²) in [5.41, 5.74) is 10.4. The SMILES string of the molecule is CCc1cccc(CC)c1-c1c(CC)nn(-c2[c-]c(Oc3[c-]c4c(cc3)c3ccccc3n4-c3cc(OC)ccn3)ccc2)c1CC.[Pd+2]. The number of pyridine rings is 1. The van der Waals surface area contributed by atoms with Crippen LogP contribution >= 0.6 is 0 Å². The number of nitrogens with zero attached hydrogens (tertiary/aromatic N) is 4. The molecule has 3 heterocycles. The molecule has 3 aromatic heterocycles. The number of rotatable bonds is 10. The van der Waals surface area contributed by atoms with E-state index in [2.05, 4.69) is 96.5 Å². The second-order valence-corrected chi connectivity index (χ2v) is 11.5. The predicted molar refractivity (Wildman–Crippen MR) is 189 cm³/mol. The maximum atomic E-state index is 6.46. The monoisotopic (exact) mass is 724 g/mol. The number of hydrogen-bond donors (Lipinski definition) is 0. The molecular formula is C41H38N4O2Pd. The third-order valence-corrected chi connectivity index (χ3v) is 8.91. The first-order valence-corrected chi connectivity index (χ1v) is 16.5. The smallest absolute Gasteiger partial charge is 0.509 e. The second kappa shape index (κ2) is 14.2. The Kier molecular flexibility index (Phi) is 9.82. The molecule has 0 aliphatic carbocycles. The maximum absolute atomic E-state index is 6.46. The number of fused-ring (bicyclic) bond motifs is 3. The summed E-state index contributed by atoms with van der Waals surface area (Å²) in [4.78, 5) is 4.67. The van der Waals surface area contributed by atoms with E-state index in [0.717, 1.165) is 70.4 Å². The van der Waals surface area contributed by atoms with E-state index in [4.69, 9.17) is 14.6 Å². The van der Waals surface area contributed by atoms with Crippen LogP contribution in [0.1, 0.15) is 50.2 Å². The number of hydrogen-bond acceptors (Lipinski definition) is 4. The average molecular weight is 725 g/mol. The third kappa shape index (κ3) is 5.83. The van der Waals surface area contributed by atoms with Gasteiger partial charge in [0.25, 0.3) is 0 Å². The zero-order valence-corrected chi connectivity index (χ0v) is 29.5. The van der Waals surface area contributed by atoms with Gasteiger partial charge in [0, 0.05) is 40.5 Å². The van der Waals surface area contributed by atoms with E-state index < -0.39 is 0 Å². The quantitative estimate of drug-likeness (QED) is 0.104. The van der Waals surface area contributed by atoms with Crippen LogP contribution in [0.2, 0.25) is 0 Å². The molecule has 6 nitrogen and oxygen atoms in total. The van der Waals surface area contributed by atoms with Crippen molar-refractivity contribution in [2.45, 2.75) is 53.4 Å². The Hall–Kier alpha value is -4.70. The molecule has 0 spiro atoms. The van der Waals surface area contributed by atoms with Gasteiger partial charge in [-0.3, -0.25) is 4.68 Å². The van der Waals surface area contributed by atoms with Gasteiger partial charge in [0.15, 0.2) is 0 Å². The topological polar surface area (TPSA) is 54.1 Å². The van der Waals surface area contributed by atoms with E-state index in [-0.39, 0.29) is 20.4 Å². The van der Waals surface area contributed by atoms with Crippen molar-refractivity contribution in [2.75, 3.05) is 7.11 Å². The van der Waals surface area contributed by atoms with Gasteiger partial charge >= 0.3 is 20.4 Å². The zero-order chi connectivity index (χ0) is 32.5. The number of para-hydroxylation sites is 1. The maximum Gasteiger partial charge on any atom is 2.00 e. The first-order valence-electron chi connectivity index (χ1n) is 16.5. The summed E-state index contributed by atoms with van der Waals surface area (Å²) >= 11 is 0. The van der Waals surface area contributed by atoms with Gasteiger partial charge in [-0.1, -0.05) is 69.6 Å². The molecule has 7 aromatic rings. The van der Waals surface area contributed by atoms with E-state index >= 15 is 0 Å². The van der Waals surface area contributed by atoms with E-state index in [1.165, 1.54) is 27.9 Å². The Morgan fingerprint density at radius 2 is 1.46 bits per heavy atom. The Morgan fingerprint density at radius 3 is 2.19 bits per heavy atom. The van der Waals surface area contributed by atoms with Gasteiger partial charge in [-0.2, -0.15) is 17.2 Å². The van der Waals surface area contributed by atoms with Crippen LogP contribution in [0, 0.1) is 12.1 Å². The summed E-state index contributed by atoms with van der Waals surface area (Å²) in [7, 11) is 1.66. The molecule has 244 valence electrons. The zero-order valence-electron chi connectivity index (χ0n) is 27.9. The van der Waals surface area contributed by atoms with Crippen molar-refractivity contribution in [2.24, 2.45) is 0 Å². The molecule has 0 saturated carbocycles. The summed E-state index contributed by atoms with van der Waals surface area (Å²) < 4.78 is 16.1. The number of aryl methyl sites for hydroxylation is 3. The minimum absolute atomic E-state index is 0. The normalized spacial score (nSPS) is 11.2. The van der Waals surface area contributed by atoms with Gasteiger partial charge in [-0.05, 0) is 65.6 Å². The van der Waals surface area contributed by atoms with Crippen molar-refractivity contribution in [1.82, 2.24) is 19.3 Å². The van der Waals surface area contributed by atoms with Crippen molar-refractivity contribution >= 4 is 21.8 Å². The van der Waals surface area contributed by atoms with E-state index in [1.807, 2.05) is 42.5 Å². The van der Waals surface area contributed by atoms with Gasteiger partial charge in [0.1, 0.15) is 11.6 Å². The Balaban J connectivity index is 0.00000401. The fourth-order valence-corrected chi connectivity index (χ4v) is 6.69. The van der Waals surface area contributed by atoms with Gasteiger partial charge in [0.05, 0.1) is 12.8 Å². The number of aromatic nitrogens is 4. The Morgan fingerprint density at radius 1 is 0.708 bits per heavy atom. The molecule has 0 saturated heterocycles. The molecule has 0 N–H and O–H groups in total. The largest absolute Gasteiger partial charge is 2.00 e. The molecule has 0 aliphatic heterocycles. The van der Waals surface area contributed by atoms with Crippen LogP contribution in [-0.2, 0) is 46.1 Å². The van der Waals surface area contributed by atoms with Crippen molar-refractivity contribution in [1.29, 1.82) is 0 Å². The fraction of sp³-hybridized carbons (Fsp3) is 0.220. The first kappa shape index (κ1) is 33.2. The molecule has 7 heteroatoms. The first-order chi connectivity index (χ1) is 23.1. The van der Waals surface area contributed by atoms with E-state index in [1.54, 1.807) is 13.3 Å². The summed E-state index contributed by atoms with van der Waals surface area (Å²) in [6, 6.07) is 35.9. The molecule has 0 atom stereocenters. The molecular weight excluding hydrogens is 687 g/mol. The minimum Gasteiger partial charge on any atom is -0.509 e. The van der Waals surface area contributed by atoms with Crippen LogP contribution < -0.4 is 9.47 Å². The van der Waals surface area contributed by atoms with Gasteiger partial charge in [0.2, 0.25) is 0 Å². The molecule has 48 heavy (non-hydrogen) atoms. The molecule has 0 amide bonds. The summed E-state index contributed by atoms with van der Waals surface area (Å²) in [5.74, 6) is 2.68. The molecule has 0 aliphatic rings. The third-order valence-electron chi connectivity index (χ3n) is 8.91. The molecule has 0 bridgehead atoms. The van der Waals surface area contributed by atoms with Crippen molar-refractivity contribution in [3.8, 4) is 39.9 Å². The average Bonchev–Trinajstić information content (AvgIpc) is 3.66. The van der Waals surface area contributed by atoms with Gasteiger partial charge in [-0.15, -0.1) is 35.7 Å². The van der Waals surface area contributed by atoms with Crippen LogP contribution in [0.4, 0.5) is 0 Å². The Bertz CT molecular complexity index is 2210. The van der Waals surface area contributed by atoms with Crippen molar-refractivity contribution in [3.05, 3.63) is 126 Å². The number of benzene rings is 4. The second-order valence-electron chi connectivity index (χ2n) is 11.5. The van der Waals surface area contributed by atoms with Gasteiger partial charge < -0.3 is 14.0 Å². The Labute approximate surface area is 296 Å². The molecule has 4 aromatic carbocycles. The molecule has 7 rings (SSSR count). The number of ether oxygens (including phenoxy) is 2. The van der Waals surface area contributed by atoms with E-state index in [9.17, 15) is 0 Å². The van der Waals surface area contributed by atoms with Crippen LogP contribution in [0.3, 0.4) is 0 Å². The summed E-state index contributed by atoms with van der Waals surface area (Å²) in [6.45, 7) is 8.86. The standard InChI is InChI=1S/C41H38N4O2.Pd/c1-6-27-14-12-15-28(7-2)40(27)41-35(8-3)43-45(36(41)9-4)29-16-13-17-31(24-29)47-32-20-21-34-33-18-10-11-19-37(33)44(38(34)25-32)39-26-30(46-5)22-23-42-39;/h10-23,26H,6-9H2,1-5H3;/q-2;+2. The predicted octanol–water partition coefficient (Wildman–Crippen LogP) is 9.68. The van der Waals surface area contributed by atoms with Gasteiger partial charge in [-0.25, -0.2) is 4.98 Å². The van der Waals surface area contributed by atoms with Crippen LogP contribution in [-0.4, -0.2) is 26.4 Å². The molecule has 0 fully saturated rings. The minimum atomic E-state index is 0. The van der Waals surface area contributed by atoms with Crippen molar-refractivity contribution < 1.29 is 29.9 Å². The molecule has 0 radical (unpaired) electrons. The molecule has 0 unspecified atom stereocenters. The number of methoxy groups -OCH3 is 1.